The van der Waals surface area contributed by atoms with Crippen molar-refractivity contribution in [3.63, 3.8) is 0 Å². The molecule has 1 aliphatic rings. The number of hydrogen-bond donors (Lipinski definition) is 0. The van der Waals surface area contributed by atoms with Crippen LogP contribution in [0.1, 0.15) is 26.5 Å². The molecule has 3 rings (SSSR count). The summed E-state index contributed by atoms with van der Waals surface area (Å²) in [7, 11) is 0. The largest absolute Gasteiger partial charge is 0.594 e. The van der Waals surface area contributed by atoms with Crippen LogP contribution in [-0.2, 0) is 109 Å². The predicted octanol–water partition coefficient (Wildman–Crippen LogP) is 2.18. The molecule has 8 heteroatoms. The Balaban J connectivity index is 0. The molecule has 0 bridgehead atoms. The Labute approximate surface area is 190 Å². The van der Waals surface area contributed by atoms with Gasteiger partial charge in [-0.3, -0.25) is 0 Å². The normalized spacial score (nSPS) is 10.7. The molecule has 0 saturated heterocycles. The Kier molecular flexibility index (Phi) is 11.6. The SMILES string of the molecule is [CH2-]C(=O)c1n[n-]c2c1CCc1cc(C)sc1-2.[W].[W].[W].[Y]. The van der Waals surface area contributed by atoms with Gasteiger partial charge in [0.25, 0.3) is 0 Å². The van der Waals surface area contributed by atoms with Crippen LogP contribution in [0.25, 0.3) is 10.6 Å². The van der Waals surface area contributed by atoms with Crippen molar-refractivity contribution >= 4 is 17.1 Å². The van der Waals surface area contributed by atoms with Gasteiger partial charge in [0, 0.05) is 111 Å². The quantitative estimate of drug-likeness (QED) is 0.327. The molecule has 0 spiro atoms. The Morgan fingerprint density at radius 2 is 2.00 bits per heavy atom. The van der Waals surface area contributed by atoms with Crippen LogP contribution in [-0.4, -0.2) is 10.9 Å². The molecule has 20 heavy (non-hydrogen) atoms. The third kappa shape index (κ3) is 4.33. The number of thiophene rings is 1. The van der Waals surface area contributed by atoms with E-state index in [0.717, 1.165) is 24.1 Å². The molecule has 2 aromatic heterocycles. The van der Waals surface area contributed by atoms with Crippen LogP contribution in [0.4, 0.5) is 0 Å². The zero-order chi connectivity index (χ0) is 11.3. The average Bonchev–Trinajstić information content (AvgIpc) is 2.77. The summed E-state index contributed by atoms with van der Waals surface area (Å²) in [5.74, 6) is -0.231. The van der Waals surface area contributed by atoms with Crippen molar-refractivity contribution in [1.82, 2.24) is 10.2 Å². The molecule has 0 atom stereocenters. The van der Waals surface area contributed by atoms with Crippen LogP contribution in [0.5, 0.6) is 0 Å². The fourth-order valence-corrected chi connectivity index (χ4v) is 3.26. The first-order chi connectivity index (χ1) is 7.66. The molecule has 0 unspecified atom stereocenters. The molecule has 2 aromatic rings. The van der Waals surface area contributed by atoms with Crippen molar-refractivity contribution in [3.8, 4) is 10.6 Å². The summed E-state index contributed by atoms with van der Waals surface area (Å²) in [5.41, 5.74) is 3.66. The minimum Gasteiger partial charge on any atom is -0.594 e. The van der Waals surface area contributed by atoms with E-state index in [1.807, 2.05) is 0 Å². The van der Waals surface area contributed by atoms with Crippen molar-refractivity contribution in [1.29, 1.82) is 0 Å². The molecule has 1 radical (unpaired) electrons. The van der Waals surface area contributed by atoms with Gasteiger partial charge in [-0.15, -0.1) is 22.6 Å². The molecule has 0 aromatic carbocycles. The second-order valence-corrected chi connectivity index (χ2v) is 5.27. The van der Waals surface area contributed by atoms with Gasteiger partial charge < -0.3 is 15.0 Å². The van der Waals surface area contributed by atoms with Crippen LogP contribution in [0.3, 0.4) is 0 Å². The van der Waals surface area contributed by atoms with Crippen molar-refractivity contribution < 1.29 is 101 Å². The van der Waals surface area contributed by atoms with Crippen LogP contribution < -0.4 is 5.10 Å². The second kappa shape index (κ2) is 9.69. The van der Waals surface area contributed by atoms with Gasteiger partial charge in [-0.1, -0.05) is 5.69 Å². The van der Waals surface area contributed by atoms with Crippen LogP contribution in [0.15, 0.2) is 6.07 Å². The molecule has 0 N–H and O–H groups in total. The molecule has 0 aliphatic heterocycles. The molecule has 2 heterocycles. The van der Waals surface area contributed by atoms with Crippen LogP contribution in [0, 0.1) is 13.8 Å². The summed E-state index contributed by atoms with van der Waals surface area (Å²) in [5, 5.41) is 8.08. The minimum absolute atomic E-state index is 0. The third-order valence-electron chi connectivity index (χ3n) is 2.88. The summed E-state index contributed by atoms with van der Waals surface area (Å²) in [6.45, 7) is 5.50. The molecule has 0 saturated carbocycles. The number of aromatic nitrogens is 2. The zero-order valence-corrected chi connectivity index (χ0v) is 23.2. The molecular formula is C12H10N2OSW3Y-2. The molecule has 0 amide bonds. The minimum atomic E-state index is -0.231. The number of Topliss-reactive ketones (excluding diaryl/α,β-unsaturated/α-hetero) is 1. The first-order valence-electron chi connectivity index (χ1n) is 5.15. The monoisotopic (exact) mass is 871 g/mol. The summed E-state index contributed by atoms with van der Waals surface area (Å²) in [4.78, 5) is 13.7. The number of carbonyl (C=O) groups is 1. The fourth-order valence-electron chi connectivity index (χ4n) is 2.19. The molecule has 1 aliphatic carbocycles. The first-order valence-corrected chi connectivity index (χ1v) is 5.96. The number of ketones is 1. The molecule has 3 nitrogen and oxygen atoms in total. The van der Waals surface area contributed by atoms with E-state index in [1.54, 1.807) is 11.3 Å². The van der Waals surface area contributed by atoms with Crippen molar-refractivity contribution in [3.05, 3.63) is 34.7 Å². The maximum absolute atomic E-state index is 11.3. The average molecular weight is 871 g/mol. The van der Waals surface area contributed by atoms with E-state index in [4.69, 9.17) is 0 Å². The Morgan fingerprint density at radius 1 is 1.35 bits per heavy atom. The van der Waals surface area contributed by atoms with Gasteiger partial charge in [-0.05, 0) is 31.4 Å². The van der Waals surface area contributed by atoms with E-state index < -0.39 is 0 Å². The molecular weight excluding hydrogens is 861 g/mol. The van der Waals surface area contributed by atoms with E-state index in [-0.39, 0.29) is 102 Å². The van der Waals surface area contributed by atoms with E-state index in [1.165, 1.54) is 15.3 Å². The smallest absolute Gasteiger partial charge is 0.0375 e. The maximum Gasteiger partial charge on any atom is 0.0375 e. The zero-order valence-electron chi connectivity index (χ0n) is 10.7. The predicted molar refractivity (Wildman–Crippen MR) is 62.7 cm³/mol. The second-order valence-electron chi connectivity index (χ2n) is 4.01. The van der Waals surface area contributed by atoms with Gasteiger partial charge >= 0.3 is 0 Å². The van der Waals surface area contributed by atoms with Gasteiger partial charge in [0.15, 0.2) is 0 Å². The fraction of sp³-hybridized carbons (Fsp3) is 0.250. The van der Waals surface area contributed by atoms with Gasteiger partial charge in [-0.25, -0.2) is 0 Å². The topological polar surface area (TPSA) is 44.1 Å². The van der Waals surface area contributed by atoms with E-state index >= 15 is 0 Å². The van der Waals surface area contributed by atoms with Gasteiger partial charge in [-0.2, -0.15) is 6.92 Å². The Hall–Kier alpha value is 1.62. The van der Waals surface area contributed by atoms with E-state index in [2.05, 4.69) is 30.1 Å². The number of rotatable bonds is 1. The summed E-state index contributed by atoms with van der Waals surface area (Å²) < 4.78 is 0. The number of hydrogen-bond acceptors (Lipinski definition) is 3. The van der Waals surface area contributed by atoms with Crippen LogP contribution >= 0.6 is 11.3 Å². The van der Waals surface area contributed by atoms with Crippen molar-refractivity contribution in [2.75, 3.05) is 0 Å². The first kappa shape index (κ1) is 23.9. The molecule has 0 fully saturated rings. The Morgan fingerprint density at radius 3 is 2.60 bits per heavy atom. The van der Waals surface area contributed by atoms with Gasteiger partial charge in [0.2, 0.25) is 0 Å². The van der Waals surface area contributed by atoms with E-state index in [0.29, 0.717) is 5.69 Å². The summed E-state index contributed by atoms with van der Waals surface area (Å²) in [6, 6.07) is 2.20. The molecule has 103 valence electrons. The number of nitrogens with zero attached hydrogens (tertiary/aromatic N) is 2. The number of aryl methyl sites for hydroxylation is 2. The van der Waals surface area contributed by atoms with Crippen molar-refractivity contribution in [2.24, 2.45) is 0 Å². The van der Waals surface area contributed by atoms with E-state index in [9.17, 15) is 4.79 Å². The summed E-state index contributed by atoms with van der Waals surface area (Å²) >= 11 is 1.72. The van der Waals surface area contributed by atoms with Gasteiger partial charge in [0.1, 0.15) is 0 Å². The number of carbonyl (C=O) groups excluding carboxylic acids is 1. The Bertz CT molecular complexity index is 598. The number of fused-ring (bicyclic) bond motifs is 3. The van der Waals surface area contributed by atoms with Crippen LogP contribution in [0.2, 0.25) is 0 Å². The maximum atomic E-state index is 11.3. The van der Waals surface area contributed by atoms with Gasteiger partial charge in [0.05, 0.1) is 0 Å². The van der Waals surface area contributed by atoms with Crippen molar-refractivity contribution in [2.45, 2.75) is 19.8 Å². The standard InChI is InChI=1S/C12H11N2OS.3W.Y/c1-6-5-8-3-4-9-10(7(2)15)13-14-11(9)12(8)16-6;;;;/h5H,2-4H2,1H3,(H,13,14,15);;;;/q-1;;;;/p-1. The third-order valence-corrected chi connectivity index (χ3v) is 3.98. The summed E-state index contributed by atoms with van der Waals surface area (Å²) in [6.07, 6.45) is 1.82.